The summed E-state index contributed by atoms with van der Waals surface area (Å²) in [6.45, 7) is 0.349. The van der Waals surface area contributed by atoms with Gasteiger partial charge in [0.15, 0.2) is 9.84 Å². The van der Waals surface area contributed by atoms with Crippen LogP contribution in [0.25, 0.3) is 11.1 Å². The maximum absolute atomic E-state index is 13.3. The zero-order chi connectivity index (χ0) is 17.2. The molecular weight excluding hydrogens is 329 g/mol. The molecule has 1 fully saturated rings. The van der Waals surface area contributed by atoms with Crippen LogP contribution in [-0.4, -0.2) is 32.4 Å². The molecule has 6 heteroatoms. The number of hydrogen-bond acceptors (Lipinski definition) is 3. The Morgan fingerprint density at radius 1 is 1.12 bits per heavy atom. The van der Waals surface area contributed by atoms with Crippen molar-refractivity contribution in [3.63, 3.8) is 0 Å². The third-order valence-electron chi connectivity index (χ3n) is 4.16. The minimum Gasteiger partial charge on any atom is -0.352 e. The Morgan fingerprint density at radius 2 is 1.83 bits per heavy atom. The molecule has 0 saturated carbocycles. The molecule has 0 spiro atoms. The lowest BCUT2D eigenvalue weighted by atomic mass is 10.0. The highest BCUT2D eigenvalue weighted by atomic mass is 32.2. The Bertz CT molecular complexity index is 864. The summed E-state index contributed by atoms with van der Waals surface area (Å²) in [6, 6.07) is 13.1. The first-order chi connectivity index (χ1) is 11.4. The molecule has 1 aliphatic rings. The van der Waals surface area contributed by atoms with Crippen LogP contribution in [0.5, 0.6) is 0 Å². The molecule has 1 amide bonds. The van der Waals surface area contributed by atoms with Gasteiger partial charge in [0, 0.05) is 12.1 Å². The van der Waals surface area contributed by atoms with E-state index >= 15 is 0 Å². The standard InChI is InChI=1S/C18H18FNO3S/c19-17-6-2-4-15(10-17)14-3-1-5-16(9-14)18(21)20-11-13-7-8-24(22,23)12-13/h1-6,9-10,13H,7-8,11-12H2,(H,20,21)/t13-/m0/s1. The van der Waals surface area contributed by atoms with E-state index in [1.807, 2.05) is 6.07 Å². The average molecular weight is 347 g/mol. The molecule has 2 aromatic rings. The van der Waals surface area contributed by atoms with Crippen molar-refractivity contribution in [1.29, 1.82) is 0 Å². The van der Waals surface area contributed by atoms with Crippen LogP contribution in [-0.2, 0) is 9.84 Å². The van der Waals surface area contributed by atoms with Crippen LogP contribution >= 0.6 is 0 Å². The van der Waals surface area contributed by atoms with Crippen LogP contribution < -0.4 is 5.32 Å². The smallest absolute Gasteiger partial charge is 0.251 e. The van der Waals surface area contributed by atoms with E-state index in [-0.39, 0.29) is 29.1 Å². The Balaban J connectivity index is 1.68. The molecule has 1 saturated heterocycles. The van der Waals surface area contributed by atoms with Gasteiger partial charge in [-0.15, -0.1) is 0 Å². The molecule has 4 nitrogen and oxygen atoms in total. The van der Waals surface area contributed by atoms with Crippen molar-refractivity contribution in [3.8, 4) is 11.1 Å². The summed E-state index contributed by atoms with van der Waals surface area (Å²) >= 11 is 0. The Kier molecular flexibility index (Phi) is 4.66. The van der Waals surface area contributed by atoms with Gasteiger partial charge in [0.25, 0.3) is 5.91 Å². The third kappa shape index (κ3) is 4.00. The first-order valence-corrected chi connectivity index (χ1v) is 9.60. The van der Waals surface area contributed by atoms with Gasteiger partial charge < -0.3 is 5.32 Å². The topological polar surface area (TPSA) is 63.2 Å². The van der Waals surface area contributed by atoms with Crippen molar-refractivity contribution in [2.45, 2.75) is 6.42 Å². The van der Waals surface area contributed by atoms with E-state index in [9.17, 15) is 17.6 Å². The summed E-state index contributed by atoms with van der Waals surface area (Å²) in [4.78, 5) is 12.3. The molecule has 3 rings (SSSR count). The zero-order valence-electron chi connectivity index (χ0n) is 13.0. The summed E-state index contributed by atoms with van der Waals surface area (Å²) in [5.41, 5.74) is 1.93. The number of nitrogens with one attached hydrogen (secondary N) is 1. The minimum absolute atomic E-state index is 0.0228. The van der Waals surface area contributed by atoms with Gasteiger partial charge in [0.1, 0.15) is 5.82 Å². The molecule has 0 bridgehead atoms. The first kappa shape index (κ1) is 16.6. The number of halogens is 1. The molecule has 2 aromatic carbocycles. The lowest BCUT2D eigenvalue weighted by molar-refractivity contribution is 0.0948. The molecule has 0 radical (unpaired) electrons. The van der Waals surface area contributed by atoms with Gasteiger partial charge in [0.2, 0.25) is 0 Å². The molecule has 24 heavy (non-hydrogen) atoms. The molecule has 0 aliphatic carbocycles. The lowest BCUT2D eigenvalue weighted by Crippen LogP contribution is -2.29. The lowest BCUT2D eigenvalue weighted by Gasteiger charge is -2.10. The molecule has 0 unspecified atom stereocenters. The van der Waals surface area contributed by atoms with Crippen LogP contribution in [0, 0.1) is 11.7 Å². The largest absolute Gasteiger partial charge is 0.352 e. The first-order valence-electron chi connectivity index (χ1n) is 7.77. The molecular formula is C18H18FNO3S. The summed E-state index contributed by atoms with van der Waals surface area (Å²) in [6.07, 6.45) is 0.589. The predicted molar refractivity (Wildman–Crippen MR) is 90.9 cm³/mol. The van der Waals surface area contributed by atoms with Crippen LogP contribution in [0.1, 0.15) is 16.8 Å². The quantitative estimate of drug-likeness (QED) is 0.925. The molecule has 126 valence electrons. The number of amides is 1. The SMILES string of the molecule is O=C(NC[C@@H]1CCS(=O)(=O)C1)c1cccc(-c2cccc(F)c2)c1. The van der Waals surface area contributed by atoms with Crippen molar-refractivity contribution < 1.29 is 17.6 Å². The van der Waals surface area contributed by atoms with Gasteiger partial charge in [-0.05, 0) is 47.7 Å². The van der Waals surface area contributed by atoms with E-state index in [4.69, 9.17) is 0 Å². The molecule has 1 aliphatic heterocycles. The average Bonchev–Trinajstić information content (AvgIpc) is 2.92. The van der Waals surface area contributed by atoms with Crippen molar-refractivity contribution >= 4 is 15.7 Å². The molecule has 1 N–H and O–H groups in total. The number of carbonyl (C=O) groups excluding carboxylic acids is 1. The van der Waals surface area contributed by atoms with Gasteiger partial charge in [-0.2, -0.15) is 0 Å². The van der Waals surface area contributed by atoms with Crippen molar-refractivity contribution in [2.75, 3.05) is 18.1 Å². The van der Waals surface area contributed by atoms with Gasteiger partial charge in [-0.3, -0.25) is 4.79 Å². The fraction of sp³-hybridized carbons (Fsp3) is 0.278. The van der Waals surface area contributed by atoms with E-state index in [0.717, 1.165) is 5.56 Å². The van der Waals surface area contributed by atoms with Crippen molar-refractivity contribution in [3.05, 3.63) is 59.9 Å². The summed E-state index contributed by atoms with van der Waals surface area (Å²) in [5.74, 6) is -0.271. The van der Waals surface area contributed by atoms with E-state index in [0.29, 0.717) is 24.1 Å². The van der Waals surface area contributed by atoms with Gasteiger partial charge >= 0.3 is 0 Å². The van der Waals surface area contributed by atoms with Gasteiger partial charge in [0.05, 0.1) is 11.5 Å². The van der Waals surface area contributed by atoms with Crippen molar-refractivity contribution in [1.82, 2.24) is 5.32 Å². The second-order valence-corrected chi connectivity index (χ2v) is 8.30. The summed E-state index contributed by atoms with van der Waals surface area (Å²) in [5, 5.41) is 2.79. The molecule has 1 heterocycles. The van der Waals surface area contributed by atoms with Crippen LogP contribution in [0.2, 0.25) is 0 Å². The zero-order valence-corrected chi connectivity index (χ0v) is 13.9. The monoisotopic (exact) mass is 347 g/mol. The Morgan fingerprint density at radius 3 is 2.50 bits per heavy atom. The van der Waals surface area contributed by atoms with Crippen LogP contribution in [0.15, 0.2) is 48.5 Å². The number of sulfone groups is 1. The summed E-state index contributed by atoms with van der Waals surface area (Å²) < 4.78 is 36.2. The highest BCUT2D eigenvalue weighted by Crippen LogP contribution is 2.22. The third-order valence-corrected chi connectivity index (χ3v) is 6.00. The highest BCUT2D eigenvalue weighted by molar-refractivity contribution is 7.91. The summed E-state index contributed by atoms with van der Waals surface area (Å²) in [7, 11) is -2.94. The van der Waals surface area contributed by atoms with Gasteiger partial charge in [-0.1, -0.05) is 24.3 Å². The van der Waals surface area contributed by atoms with E-state index < -0.39 is 9.84 Å². The van der Waals surface area contributed by atoms with E-state index in [2.05, 4.69) is 5.32 Å². The number of carbonyl (C=O) groups is 1. The fourth-order valence-corrected chi connectivity index (χ4v) is 4.74. The van der Waals surface area contributed by atoms with Crippen molar-refractivity contribution in [2.24, 2.45) is 5.92 Å². The second kappa shape index (κ2) is 6.73. The minimum atomic E-state index is -2.94. The maximum atomic E-state index is 13.3. The van der Waals surface area contributed by atoms with Gasteiger partial charge in [-0.25, -0.2) is 12.8 Å². The number of rotatable bonds is 4. The van der Waals surface area contributed by atoms with E-state index in [1.165, 1.54) is 12.1 Å². The Hall–Kier alpha value is -2.21. The highest BCUT2D eigenvalue weighted by Gasteiger charge is 2.27. The van der Waals surface area contributed by atoms with Crippen LogP contribution in [0.3, 0.4) is 0 Å². The fourth-order valence-electron chi connectivity index (χ4n) is 2.88. The second-order valence-electron chi connectivity index (χ2n) is 6.07. The molecule has 0 aromatic heterocycles. The number of hydrogen-bond donors (Lipinski definition) is 1. The predicted octanol–water partition coefficient (Wildman–Crippen LogP) is 2.66. The maximum Gasteiger partial charge on any atom is 0.251 e. The Labute approximate surface area is 140 Å². The number of benzene rings is 2. The van der Waals surface area contributed by atoms with Crippen LogP contribution in [0.4, 0.5) is 4.39 Å². The normalized spacial score (nSPS) is 19.1. The van der Waals surface area contributed by atoms with E-state index in [1.54, 1.807) is 30.3 Å². The molecule has 1 atom stereocenters.